The predicted molar refractivity (Wildman–Crippen MR) is 256 cm³/mol. The average molecular weight is 792 g/mol. The van der Waals surface area contributed by atoms with E-state index in [9.17, 15) is 0 Å². The molecule has 5 heteroatoms. The molecule has 290 valence electrons. The molecule has 0 unspecified atom stereocenters. The van der Waals surface area contributed by atoms with Crippen molar-refractivity contribution in [1.82, 2.24) is 24.1 Å². The van der Waals surface area contributed by atoms with Crippen molar-refractivity contribution in [3.05, 3.63) is 224 Å². The topological polar surface area (TPSA) is 48.5 Å². The van der Waals surface area contributed by atoms with Gasteiger partial charge < -0.3 is 9.13 Å². The third kappa shape index (κ3) is 5.98. The number of aromatic nitrogens is 5. The number of hydrogen-bond acceptors (Lipinski definition) is 3. The van der Waals surface area contributed by atoms with E-state index in [-0.39, 0.29) is 0 Å². The van der Waals surface area contributed by atoms with Crippen molar-refractivity contribution in [3.63, 3.8) is 0 Å². The monoisotopic (exact) mass is 791 g/mol. The van der Waals surface area contributed by atoms with Crippen LogP contribution < -0.4 is 0 Å². The Bertz CT molecular complexity index is 3590. The number of nitrogens with zero attached hydrogens (tertiary/aromatic N) is 5. The lowest BCUT2D eigenvalue weighted by atomic mass is 10.0. The van der Waals surface area contributed by atoms with Crippen LogP contribution in [0.15, 0.2) is 224 Å². The Morgan fingerprint density at radius 2 is 0.613 bits per heavy atom. The highest BCUT2D eigenvalue weighted by Crippen LogP contribution is 2.42. The predicted octanol–water partition coefficient (Wildman–Crippen LogP) is 14.4. The fourth-order valence-corrected chi connectivity index (χ4v) is 9.05. The Morgan fingerprint density at radius 1 is 0.242 bits per heavy atom. The Labute approximate surface area is 358 Å². The molecule has 0 fully saturated rings. The Morgan fingerprint density at radius 3 is 1.15 bits per heavy atom. The second-order valence-electron chi connectivity index (χ2n) is 15.6. The molecule has 0 spiro atoms. The summed E-state index contributed by atoms with van der Waals surface area (Å²) in [5, 5.41) is 4.80. The number of rotatable bonds is 7. The minimum absolute atomic E-state index is 0.612. The maximum Gasteiger partial charge on any atom is 0.164 e. The Kier molecular flexibility index (Phi) is 8.42. The van der Waals surface area contributed by atoms with Crippen molar-refractivity contribution in [3.8, 4) is 67.8 Å². The first kappa shape index (κ1) is 35.5. The van der Waals surface area contributed by atoms with Crippen molar-refractivity contribution in [2.75, 3.05) is 0 Å². The summed E-state index contributed by atoms with van der Waals surface area (Å²) < 4.78 is 4.86. The molecule has 9 aromatic carbocycles. The van der Waals surface area contributed by atoms with Gasteiger partial charge in [-0.05, 0) is 58.7 Å². The molecule has 0 saturated heterocycles. The van der Waals surface area contributed by atoms with Gasteiger partial charge >= 0.3 is 0 Å². The van der Waals surface area contributed by atoms with Crippen molar-refractivity contribution in [2.24, 2.45) is 0 Å². The van der Waals surface area contributed by atoms with E-state index in [4.69, 9.17) is 15.0 Å². The molecule has 0 aliphatic heterocycles. The van der Waals surface area contributed by atoms with E-state index in [0.717, 1.165) is 55.7 Å². The van der Waals surface area contributed by atoms with Gasteiger partial charge in [-0.25, -0.2) is 15.0 Å². The van der Waals surface area contributed by atoms with Gasteiger partial charge in [0.25, 0.3) is 0 Å². The first-order chi connectivity index (χ1) is 30.7. The summed E-state index contributed by atoms with van der Waals surface area (Å²) in [7, 11) is 0. The zero-order valence-corrected chi connectivity index (χ0v) is 33.6. The third-order valence-corrected chi connectivity index (χ3v) is 12.0. The van der Waals surface area contributed by atoms with Gasteiger partial charge in [0, 0.05) is 49.6 Å². The van der Waals surface area contributed by atoms with Crippen molar-refractivity contribution in [2.45, 2.75) is 0 Å². The molecule has 3 aromatic heterocycles. The summed E-state index contributed by atoms with van der Waals surface area (Å²) in [6, 6.07) is 79.3. The molecular formula is C57H37N5. The van der Waals surface area contributed by atoms with E-state index in [1.54, 1.807) is 0 Å². The highest BCUT2D eigenvalue weighted by atomic mass is 15.1. The Balaban J connectivity index is 1.06. The molecule has 0 saturated carbocycles. The maximum atomic E-state index is 5.17. The summed E-state index contributed by atoms with van der Waals surface area (Å²) in [6.45, 7) is 0. The number of para-hydroxylation sites is 2. The van der Waals surface area contributed by atoms with Crippen molar-refractivity contribution < 1.29 is 0 Å². The van der Waals surface area contributed by atoms with Crippen LogP contribution in [0.2, 0.25) is 0 Å². The van der Waals surface area contributed by atoms with E-state index in [1.165, 1.54) is 38.2 Å². The van der Waals surface area contributed by atoms with Crippen LogP contribution in [-0.2, 0) is 0 Å². The van der Waals surface area contributed by atoms with Gasteiger partial charge in [0.1, 0.15) is 0 Å². The molecule has 0 radical (unpaired) electrons. The number of hydrogen-bond donors (Lipinski definition) is 0. The largest absolute Gasteiger partial charge is 0.307 e. The van der Waals surface area contributed by atoms with Crippen LogP contribution in [0.5, 0.6) is 0 Å². The van der Waals surface area contributed by atoms with Crippen molar-refractivity contribution >= 4 is 43.6 Å². The van der Waals surface area contributed by atoms with Crippen LogP contribution in [0.1, 0.15) is 0 Å². The zero-order chi connectivity index (χ0) is 41.0. The van der Waals surface area contributed by atoms with Crippen LogP contribution in [0.25, 0.3) is 111 Å². The summed E-state index contributed by atoms with van der Waals surface area (Å²) in [6.07, 6.45) is 0. The standard InChI is InChI=1S/C57H37N5/c1-4-15-38(16-5-1)40-27-29-43(30-28-40)56-58-55(42-19-8-3-9-20-42)59-57(60-56)44-21-14-22-46(37-44)62-52-26-13-11-24-48(52)50-36-35-49-47-23-10-12-25-51(47)61(53(49)54(50)62)45-33-31-41(32-34-45)39-17-6-2-7-18-39/h1-37H. The van der Waals surface area contributed by atoms with E-state index in [2.05, 4.69) is 209 Å². The van der Waals surface area contributed by atoms with Crippen LogP contribution >= 0.6 is 0 Å². The van der Waals surface area contributed by atoms with E-state index in [1.807, 2.05) is 24.3 Å². The average Bonchev–Trinajstić information content (AvgIpc) is 3.88. The summed E-state index contributed by atoms with van der Waals surface area (Å²) in [5.74, 6) is 1.87. The van der Waals surface area contributed by atoms with Gasteiger partial charge in [0.05, 0.1) is 22.1 Å². The van der Waals surface area contributed by atoms with Gasteiger partial charge in [-0.15, -0.1) is 0 Å². The fourth-order valence-electron chi connectivity index (χ4n) is 9.05. The molecule has 0 bridgehead atoms. The van der Waals surface area contributed by atoms with Gasteiger partial charge in [0.2, 0.25) is 0 Å². The van der Waals surface area contributed by atoms with Crippen molar-refractivity contribution in [1.29, 1.82) is 0 Å². The summed E-state index contributed by atoms with van der Waals surface area (Å²) in [4.78, 5) is 15.4. The molecule has 0 N–H and O–H groups in total. The Hall–Kier alpha value is -8.41. The molecule has 12 rings (SSSR count). The highest BCUT2D eigenvalue weighted by Gasteiger charge is 2.22. The second kappa shape index (κ2) is 14.7. The van der Waals surface area contributed by atoms with E-state index >= 15 is 0 Å². The van der Waals surface area contributed by atoms with Gasteiger partial charge in [0.15, 0.2) is 17.5 Å². The van der Waals surface area contributed by atoms with Gasteiger partial charge in [-0.2, -0.15) is 0 Å². The lowest BCUT2D eigenvalue weighted by Gasteiger charge is -2.14. The first-order valence-electron chi connectivity index (χ1n) is 20.9. The molecule has 0 aliphatic carbocycles. The van der Waals surface area contributed by atoms with Gasteiger partial charge in [-0.3, -0.25) is 0 Å². The lowest BCUT2D eigenvalue weighted by molar-refractivity contribution is 1.07. The van der Waals surface area contributed by atoms with Crippen LogP contribution in [0.3, 0.4) is 0 Å². The fraction of sp³-hybridized carbons (Fsp3) is 0. The minimum Gasteiger partial charge on any atom is -0.307 e. The van der Waals surface area contributed by atoms with Crippen LogP contribution in [-0.4, -0.2) is 24.1 Å². The smallest absolute Gasteiger partial charge is 0.164 e. The quantitative estimate of drug-likeness (QED) is 0.162. The molecule has 0 aliphatic rings. The SMILES string of the molecule is c1ccc(-c2ccc(-c3nc(-c4ccccc4)nc(-c4cccc(-n5c6ccccc6c6ccc7c8ccccc8n(-c8ccc(-c9ccccc9)cc8)c7c65)c4)n3)cc2)cc1. The van der Waals surface area contributed by atoms with Crippen LogP contribution in [0, 0.1) is 0 Å². The number of fused-ring (bicyclic) bond motifs is 7. The number of benzene rings is 9. The van der Waals surface area contributed by atoms with Gasteiger partial charge in [-0.1, -0.05) is 188 Å². The second-order valence-corrected chi connectivity index (χ2v) is 15.6. The van der Waals surface area contributed by atoms with E-state index in [0.29, 0.717) is 17.5 Å². The summed E-state index contributed by atoms with van der Waals surface area (Å²) >= 11 is 0. The molecule has 0 atom stereocenters. The first-order valence-corrected chi connectivity index (χ1v) is 20.9. The summed E-state index contributed by atoms with van der Waals surface area (Å²) in [5.41, 5.74) is 14.2. The van der Waals surface area contributed by atoms with Crippen LogP contribution in [0.4, 0.5) is 0 Å². The third-order valence-electron chi connectivity index (χ3n) is 12.0. The minimum atomic E-state index is 0.612. The zero-order valence-electron chi connectivity index (χ0n) is 33.6. The molecular weight excluding hydrogens is 755 g/mol. The molecule has 0 amide bonds. The van der Waals surface area contributed by atoms with E-state index < -0.39 is 0 Å². The molecule has 3 heterocycles. The molecule has 62 heavy (non-hydrogen) atoms. The maximum absolute atomic E-state index is 5.17. The highest BCUT2D eigenvalue weighted by molar-refractivity contribution is 6.23. The lowest BCUT2D eigenvalue weighted by Crippen LogP contribution is -2.01. The normalized spacial score (nSPS) is 11.5. The molecule has 12 aromatic rings. The molecule has 5 nitrogen and oxygen atoms in total.